The fraction of sp³-hybridized carbons (Fsp3) is 0.0870. The molecule has 2 heterocycles. The predicted molar refractivity (Wildman–Crippen MR) is 115 cm³/mol. The van der Waals surface area contributed by atoms with Crippen LogP contribution in [0.2, 0.25) is 5.02 Å². The molecule has 2 aromatic heterocycles. The van der Waals surface area contributed by atoms with Crippen LogP contribution in [0.4, 0.5) is 0 Å². The molecule has 4 rings (SSSR count). The van der Waals surface area contributed by atoms with E-state index >= 15 is 0 Å². The molecule has 29 heavy (non-hydrogen) atoms. The number of carbonyl (C=O) groups is 1. The first kappa shape index (κ1) is 18.9. The number of halogens is 1. The van der Waals surface area contributed by atoms with Gasteiger partial charge in [-0.1, -0.05) is 48.0 Å². The number of carbonyl (C=O) groups excluding carboxylic acids is 1. The van der Waals surface area contributed by atoms with E-state index in [0.29, 0.717) is 29.2 Å². The first-order valence-corrected chi connectivity index (χ1v) is 9.67. The van der Waals surface area contributed by atoms with Gasteiger partial charge in [0.25, 0.3) is 5.91 Å². The number of hydrogen-bond donors (Lipinski definition) is 2. The van der Waals surface area contributed by atoms with Crippen LogP contribution < -0.4 is 5.32 Å². The van der Waals surface area contributed by atoms with Crippen molar-refractivity contribution in [2.45, 2.75) is 6.42 Å². The highest BCUT2D eigenvalue weighted by Gasteiger charge is 2.15. The van der Waals surface area contributed by atoms with Gasteiger partial charge in [0.1, 0.15) is 0 Å². The Morgan fingerprint density at radius 1 is 1.00 bits per heavy atom. The number of aromatic nitrogens is 3. The van der Waals surface area contributed by atoms with E-state index in [9.17, 15) is 4.79 Å². The van der Waals surface area contributed by atoms with Crippen LogP contribution in [0.1, 0.15) is 16.1 Å². The smallest absolute Gasteiger partial charge is 0.251 e. The van der Waals surface area contributed by atoms with Crippen molar-refractivity contribution in [3.05, 3.63) is 95.3 Å². The van der Waals surface area contributed by atoms with E-state index in [4.69, 9.17) is 11.6 Å². The molecule has 5 nitrogen and oxygen atoms in total. The average Bonchev–Trinajstić information content (AvgIpc) is 3.25. The number of nitrogens with one attached hydrogen (secondary N) is 2. The number of amides is 1. The largest absolute Gasteiger partial charge is 0.352 e. The zero-order chi connectivity index (χ0) is 20.1. The van der Waals surface area contributed by atoms with E-state index in [-0.39, 0.29) is 5.91 Å². The Kier molecular flexibility index (Phi) is 5.68. The standard InChI is InChI=1S/C23H19ClN4O/c24-17-10-8-16(9-11-17)21-15-22(28-27-21)19-6-1-2-7-20(19)23(29)26-14-12-18-5-3-4-13-25-18/h1-11,13,15H,12,14H2,(H,26,29)(H,27,28). The van der Waals surface area contributed by atoms with Crippen LogP contribution in [0.25, 0.3) is 22.5 Å². The Hall–Kier alpha value is -3.44. The van der Waals surface area contributed by atoms with E-state index < -0.39 is 0 Å². The van der Waals surface area contributed by atoms with Crippen LogP contribution in [0.5, 0.6) is 0 Å². The number of benzene rings is 2. The van der Waals surface area contributed by atoms with Gasteiger partial charge in [-0.05, 0) is 42.0 Å². The summed E-state index contributed by atoms with van der Waals surface area (Å²) in [6.45, 7) is 0.515. The van der Waals surface area contributed by atoms with Crippen molar-refractivity contribution in [2.75, 3.05) is 6.54 Å². The number of hydrogen-bond acceptors (Lipinski definition) is 3. The van der Waals surface area contributed by atoms with Crippen LogP contribution in [0.3, 0.4) is 0 Å². The second-order valence-electron chi connectivity index (χ2n) is 6.55. The Morgan fingerprint density at radius 2 is 1.79 bits per heavy atom. The lowest BCUT2D eigenvalue weighted by Crippen LogP contribution is -2.26. The van der Waals surface area contributed by atoms with E-state index in [1.165, 1.54) is 0 Å². The molecule has 4 aromatic rings. The summed E-state index contributed by atoms with van der Waals surface area (Å²) in [6, 6.07) is 22.7. The fourth-order valence-electron chi connectivity index (χ4n) is 3.09. The minimum Gasteiger partial charge on any atom is -0.352 e. The summed E-state index contributed by atoms with van der Waals surface area (Å²) < 4.78 is 0. The molecule has 0 spiro atoms. The molecule has 2 N–H and O–H groups in total. The maximum absolute atomic E-state index is 12.8. The summed E-state index contributed by atoms with van der Waals surface area (Å²) >= 11 is 5.96. The summed E-state index contributed by atoms with van der Waals surface area (Å²) in [5.41, 5.74) is 4.86. The topological polar surface area (TPSA) is 70.7 Å². The molecule has 0 radical (unpaired) electrons. The van der Waals surface area contributed by atoms with Gasteiger partial charge < -0.3 is 5.32 Å². The van der Waals surface area contributed by atoms with Crippen molar-refractivity contribution in [2.24, 2.45) is 0 Å². The normalized spacial score (nSPS) is 10.7. The van der Waals surface area contributed by atoms with E-state index in [1.807, 2.05) is 72.8 Å². The van der Waals surface area contributed by atoms with Gasteiger partial charge >= 0.3 is 0 Å². The molecule has 0 aliphatic heterocycles. The molecule has 0 fully saturated rings. The van der Waals surface area contributed by atoms with Gasteiger partial charge in [0.15, 0.2) is 0 Å². The summed E-state index contributed by atoms with van der Waals surface area (Å²) in [5, 5.41) is 11.1. The van der Waals surface area contributed by atoms with E-state index in [2.05, 4.69) is 20.5 Å². The number of rotatable bonds is 6. The Morgan fingerprint density at radius 3 is 2.59 bits per heavy atom. The van der Waals surface area contributed by atoms with Gasteiger partial charge in [-0.15, -0.1) is 0 Å². The molecule has 0 aliphatic carbocycles. The van der Waals surface area contributed by atoms with Crippen molar-refractivity contribution in [3.63, 3.8) is 0 Å². The molecule has 1 amide bonds. The SMILES string of the molecule is O=C(NCCc1ccccn1)c1ccccc1-c1cc(-c2ccc(Cl)cc2)[nH]n1. The average molecular weight is 403 g/mol. The highest BCUT2D eigenvalue weighted by Crippen LogP contribution is 2.27. The maximum Gasteiger partial charge on any atom is 0.251 e. The lowest BCUT2D eigenvalue weighted by atomic mass is 10.0. The van der Waals surface area contributed by atoms with Crippen molar-refractivity contribution >= 4 is 17.5 Å². The quantitative estimate of drug-likeness (QED) is 0.488. The number of pyridine rings is 1. The van der Waals surface area contributed by atoms with Crippen molar-refractivity contribution in [1.82, 2.24) is 20.5 Å². The van der Waals surface area contributed by atoms with Gasteiger partial charge in [-0.2, -0.15) is 5.10 Å². The Bertz CT molecular complexity index is 1110. The van der Waals surface area contributed by atoms with E-state index in [0.717, 1.165) is 22.5 Å². The third kappa shape index (κ3) is 4.52. The third-order valence-electron chi connectivity index (χ3n) is 4.57. The Labute approximate surface area is 173 Å². The minimum absolute atomic E-state index is 0.132. The van der Waals surface area contributed by atoms with Gasteiger partial charge in [0.05, 0.1) is 11.4 Å². The van der Waals surface area contributed by atoms with Crippen molar-refractivity contribution in [1.29, 1.82) is 0 Å². The molecule has 0 saturated heterocycles. The first-order chi connectivity index (χ1) is 14.2. The highest BCUT2D eigenvalue weighted by molar-refractivity contribution is 6.30. The molecule has 0 aliphatic rings. The second-order valence-corrected chi connectivity index (χ2v) is 6.98. The molecule has 2 aromatic carbocycles. The van der Waals surface area contributed by atoms with Crippen LogP contribution in [-0.2, 0) is 6.42 Å². The predicted octanol–water partition coefficient (Wildman–Crippen LogP) is 4.76. The highest BCUT2D eigenvalue weighted by atomic mass is 35.5. The first-order valence-electron chi connectivity index (χ1n) is 9.29. The summed E-state index contributed by atoms with van der Waals surface area (Å²) in [4.78, 5) is 17.0. The summed E-state index contributed by atoms with van der Waals surface area (Å²) in [6.07, 6.45) is 2.43. The maximum atomic E-state index is 12.8. The lowest BCUT2D eigenvalue weighted by molar-refractivity contribution is 0.0954. The van der Waals surface area contributed by atoms with Crippen LogP contribution in [-0.4, -0.2) is 27.6 Å². The van der Waals surface area contributed by atoms with Crippen molar-refractivity contribution < 1.29 is 4.79 Å². The number of aromatic amines is 1. The fourth-order valence-corrected chi connectivity index (χ4v) is 3.21. The summed E-state index contributed by atoms with van der Waals surface area (Å²) in [5.74, 6) is -0.132. The third-order valence-corrected chi connectivity index (χ3v) is 4.83. The molecule has 144 valence electrons. The monoisotopic (exact) mass is 402 g/mol. The van der Waals surface area contributed by atoms with Gasteiger partial charge in [-0.3, -0.25) is 14.9 Å². The zero-order valence-corrected chi connectivity index (χ0v) is 16.4. The molecule has 0 unspecified atom stereocenters. The molecular formula is C23H19ClN4O. The van der Waals surface area contributed by atoms with Crippen LogP contribution >= 0.6 is 11.6 Å². The molecule has 0 atom stereocenters. The number of nitrogens with zero attached hydrogens (tertiary/aromatic N) is 2. The van der Waals surface area contributed by atoms with Crippen LogP contribution in [0, 0.1) is 0 Å². The molecule has 0 bridgehead atoms. The molecule has 0 saturated carbocycles. The van der Waals surface area contributed by atoms with Gasteiger partial charge in [-0.25, -0.2) is 0 Å². The number of H-pyrrole nitrogens is 1. The van der Waals surface area contributed by atoms with Gasteiger partial charge in [0.2, 0.25) is 0 Å². The lowest BCUT2D eigenvalue weighted by Gasteiger charge is -2.08. The minimum atomic E-state index is -0.132. The zero-order valence-electron chi connectivity index (χ0n) is 15.6. The second kappa shape index (κ2) is 8.71. The van der Waals surface area contributed by atoms with Crippen molar-refractivity contribution in [3.8, 4) is 22.5 Å². The summed E-state index contributed by atoms with van der Waals surface area (Å²) in [7, 11) is 0. The van der Waals surface area contributed by atoms with Gasteiger partial charge in [0, 0.05) is 41.0 Å². The molecular weight excluding hydrogens is 384 g/mol. The van der Waals surface area contributed by atoms with Crippen LogP contribution in [0.15, 0.2) is 79.0 Å². The van der Waals surface area contributed by atoms with E-state index in [1.54, 1.807) is 6.20 Å². The Balaban J connectivity index is 1.51. The molecule has 6 heteroatoms.